The first kappa shape index (κ1) is 18.5. The summed E-state index contributed by atoms with van der Waals surface area (Å²) in [7, 11) is 0. The van der Waals surface area contributed by atoms with Crippen LogP contribution >= 0.6 is 0 Å². The van der Waals surface area contributed by atoms with Crippen molar-refractivity contribution in [3.05, 3.63) is 36.5 Å². The molecule has 0 atom stereocenters. The monoisotopic (exact) mass is 392 g/mol. The fourth-order valence-corrected chi connectivity index (χ4v) is 3.74. The number of nitrogens with zero attached hydrogens (tertiary/aromatic N) is 3. The first-order chi connectivity index (χ1) is 13.4. The molecule has 1 aliphatic rings. The van der Waals surface area contributed by atoms with E-state index < -0.39 is 18.6 Å². The van der Waals surface area contributed by atoms with E-state index in [0.717, 1.165) is 30.6 Å². The van der Waals surface area contributed by atoms with E-state index in [9.17, 15) is 18.0 Å². The molecule has 0 bridgehead atoms. The van der Waals surface area contributed by atoms with Crippen LogP contribution in [0.5, 0.6) is 0 Å². The van der Waals surface area contributed by atoms with Crippen LogP contribution in [-0.2, 0) is 0 Å². The van der Waals surface area contributed by atoms with E-state index in [0.29, 0.717) is 22.5 Å². The minimum atomic E-state index is -4.46. The number of hydrogen-bond donors (Lipinski definition) is 1. The molecule has 148 valence electrons. The maximum absolute atomic E-state index is 13.0. The van der Waals surface area contributed by atoms with Gasteiger partial charge in [-0.2, -0.15) is 13.2 Å². The number of halogens is 3. The summed E-state index contributed by atoms with van der Waals surface area (Å²) in [6.45, 7) is -1.20. The Morgan fingerprint density at radius 1 is 1.21 bits per heavy atom. The van der Waals surface area contributed by atoms with Crippen molar-refractivity contribution in [1.82, 2.24) is 19.9 Å². The number of carbonyl (C=O) groups excluding carboxylic acids is 1. The molecule has 0 aromatic carbocycles. The van der Waals surface area contributed by atoms with Crippen molar-refractivity contribution in [2.24, 2.45) is 5.92 Å². The number of nitrogens with one attached hydrogen (secondary N) is 1. The zero-order valence-electron chi connectivity index (χ0n) is 15.0. The van der Waals surface area contributed by atoms with Gasteiger partial charge < -0.3 is 14.3 Å². The highest BCUT2D eigenvalue weighted by Crippen LogP contribution is 2.30. The number of carbonyl (C=O) groups is 1. The number of amides is 1. The van der Waals surface area contributed by atoms with E-state index in [1.807, 2.05) is 0 Å². The first-order valence-electron chi connectivity index (χ1n) is 9.15. The first-order valence-corrected chi connectivity index (χ1v) is 9.15. The topological polar surface area (TPSA) is 75.0 Å². The van der Waals surface area contributed by atoms with Gasteiger partial charge >= 0.3 is 6.18 Å². The van der Waals surface area contributed by atoms with Gasteiger partial charge in [0.25, 0.3) is 5.91 Å². The SMILES string of the molecule is O=C(c1ccc(-c2ncnc3[nH]ccc23)o1)N(CC1CCCC1)CC(F)(F)F. The molecule has 0 spiro atoms. The Morgan fingerprint density at radius 2 is 2.00 bits per heavy atom. The molecule has 1 N–H and O–H groups in total. The summed E-state index contributed by atoms with van der Waals surface area (Å²) in [5, 5.41) is 0.703. The lowest BCUT2D eigenvalue weighted by Crippen LogP contribution is -2.41. The van der Waals surface area contributed by atoms with Crippen LogP contribution in [0.25, 0.3) is 22.5 Å². The van der Waals surface area contributed by atoms with Gasteiger partial charge in [-0.25, -0.2) is 9.97 Å². The summed E-state index contributed by atoms with van der Waals surface area (Å²) in [4.78, 5) is 24.8. The van der Waals surface area contributed by atoms with Crippen LogP contribution in [0, 0.1) is 5.92 Å². The van der Waals surface area contributed by atoms with Crippen LogP contribution in [0.3, 0.4) is 0 Å². The molecule has 1 aliphatic carbocycles. The third-order valence-electron chi connectivity index (χ3n) is 5.01. The molecule has 3 aromatic heterocycles. The van der Waals surface area contributed by atoms with Gasteiger partial charge in [-0.1, -0.05) is 12.8 Å². The summed E-state index contributed by atoms with van der Waals surface area (Å²) in [6, 6.07) is 4.71. The Morgan fingerprint density at radius 3 is 2.75 bits per heavy atom. The standard InChI is InChI=1S/C19H19F3N4O2/c20-19(21,22)10-26(9-12-3-1-2-4-12)18(27)15-6-5-14(28-15)16-13-7-8-23-17(13)25-11-24-16/h5-8,11-12H,1-4,9-10H2,(H,23,24,25). The number of rotatable bonds is 5. The molecule has 1 amide bonds. The highest BCUT2D eigenvalue weighted by molar-refractivity contribution is 5.93. The van der Waals surface area contributed by atoms with Crippen molar-refractivity contribution < 1.29 is 22.4 Å². The maximum Gasteiger partial charge on any atom is 0.406 e. The van der Waals surface area contributed by atoms with Crippen LogP contribution in [-0.4, -0.2) is 45.0 Å². The van der Waals surface area contributed by atoms with Crippen molar-refractivity contribution in [1.29, 1.82) is 0 Å². The fraction of sp³-hybridized carbons (Fsp3) is 0.421. The van der Waals surface area contributed by atoms with Crippen molar-refractivity contribution in [2.75, 3.05) is 13.1 Å². The van der Waals surface area contributed by atoms with E-state index in [-0.39, 0.29) is 18.2 Å². The smallest absolute Gasteiger partial charge is 0.406 e. The second-order valence-corrected chi connectivity index (χ2v) is 7.08. The van der Waals surface area contributed by atoms with Gasteiger partial charge in [-0.05, 0) is 37.0 Å². The third kappa shape index (κ3) is 3.88. The molecule has 0 saturated heterocycles. The summed E-state index contributed by atoms with van der Waals surface area (Å²) in [5.74, 6) is -0.473. The molecule has 4 rings (SSSR count). The van der Waals surface area contributed by atoms with E-state index >= 15 is 0 Å². The summed E-state index contributed by atoms with van der Waals surface area (Å²) in [5.41, 5.74) is 1.08. The van der Waals surface area contributed by atoms with Crippen LogP contribution in [0.1, 0.15) is 36.2 Å². The van der Waals surface area contributed by atoms with Crippen molar-refractivity contribution in [2.45, 2.75) is 31.9 Å². The van der Waals surface area contributed by atoms with Crippen LogP contribution < -0.4 is 0 Å². The molecule has 0 radical (unpaired) electrons. The minimum absolute atomic E-state index is 0.0872. The number of aromatic nitrogens is 3. The van der Waals surface area contributed by atoms with Crippen molar-refractivity contribution in [3.8, 4) is 11.5 Å². The summed E-state index contributed by atoms with van der Waals surface area (Å²) < 4.78 is 44.7. The normalized spacial score (nSPS) is 15.4. The molecule has 0 unspecified atom stereocenters. The number of aromatic amines is 1. The number of alkyl halides is 3. The largest absolute Gasteiger partial charge is 0.449 e. The van der Waals surface area contributed by atoms with Crippen molar-refractivity contribution in [3.63, 3.8) is 0 Å². The molecule has 6 nitrogen and oxygen atoms in total. The van der Waals surface area contributed by atoms with Gasteiger partial charge in [-0.3, -0.25) is 4.79 Å². The maximum atomic E-state index is 13.0. The summed E-state index contributed by atoms with van der Waals surface area (Å²) in [6.07, 6.45) is 2.26. The molecule has 9 heteroatoms. The third-order valence-corrected chi connectivity index (χ3v) is 5.01. The van der Waals surface area contributed by atoms with Crippen LogP contribution in [0.4, 0.5) is 13.2 Å². The number of furan rings is 1. The number of H-pyrrole nitrogens is 1. The molecule has 3 aromatic rings. The van der Waals surface area contributed by atoms with E-state index in [2.05, 4.69) is 15.0 Å². The zero-order chi connectivity index (χ0) is 19.7. The molecular formula is C19H19F3N4O2. The second-order valence-electron chi connectivity index (χ2n) is 7.08. The van der Waals surface area contributed by atoms with Crippen LogP contribution in [0.15, 0.2) is 35.1 Å². The van der Waals surface area contributed by atoms with Gasteiger partial charge in [-0.15, -0.1) is 0 Å². The molecule has 1 saturated carbocycles. The zero-order valence-corrected chi connectivity index (χ0v) is 15.0. The Balaban J connectivity index is 1.59. The van der Waals surface area contributed by atoms with Gasteiger partial charge in [0.15, 0.2) is 11.5 Å². The Labute approximate surface area is 158 Å². The molecule has 3 heterocycles. The fourth-order valence-electron chi connectivity index (χ4n) is 3.74. The predicted octanol–water partition coefficient (Wildman–Crippen LogP) is 4.41. The van der Waals surface area contributed by atoms with Gasteiger partial charge in [0.1, 0.15) is 24.2 Å². The van der Waals surface area contributed by atoms with Gasteiger partial charge in [0, 0.05) is 18.1 Å². The second kappa shape index (κ2) is 7.29. The molecule has 28 heavy (non-hydrogen) atoms. The molecular weight excluding hydrogens is 373 g/mol. The van der Waals surface area contributed by atoms with E-state index in [4.69, 9.17) is 4.42 Å². The minimum Gasteiger partial charge on any atom is -0.449 e. The lowest BCUT2D eigenvalue weighted by atomic mass is 10.1. The lowest BCUT2D eigenvalue weighted by molar-refractivity contribution is -0.141. The predicted molar refractivity (Wildman–Crippen MR) is 95.5 cm³/mol. The number of fused-ring (bicyclic) bond motifs is 1. The van der Waals surface area contributed by atoms with Crippen LogP contribution in [0.2, 0.25) is 0 Å². The lowest BCUT2D eigenvalue weighted by Gasteiger charge is -2.25. The number of hydrogen-bond acceptors (Lipinski definition) is 4. The summed E-state index contributed by atoms with van der Waals surface area (Å²) >= 11 is 0. The average Bonchev–Trinajstić information content (AvgIpc) is 3.39. The van der Waals surface area contributed by atoms with E-state index in [1.54, 1.807) is 18.3 Å². The average molecular weight is 392 g/mol. The quantitative estimate of drug-likeness (QED) is 0.698. The molecule has 1 fully saturated rings. The Kier molecular flexibility index (Phi) is 4.82. The van der Waals surface area contributed by atoms with E-state index in [1.165, 1.54) is 12.4 Å². The Bertz CT molecular complexity index is 973. The molecule has 0 aliphatic heterocycles. The van der Waals surface area contributed by atoms with Crippen molar-refractivity contribution >= 4 is 16.9 Å². The Hall–Kier alpha value is -2.84. The highest BCUT2D eigenvalue weighted by atomic mass is 19.4. The van der Waals surface area contributed by atoms with Gasteiger partial charge in [0.2, 0.25) is 0 Å². The highest BCUT2D eigenvalue weighted by Gasteiger charge is 2.35. The van der Waals surface area contributed by atoms with Gasteiger partial charge in [0.05, 0.1) is 0 Å².